The molecule has 0 spiro atoms. The minimum absolute atomic E-state index is 0.182. The predicted molar refractivity (Wildman–Crippen MR) is 89.4 cm³/mol. The first-order chi connectivity index (χ1) is 10.2. The number of hydrogen-bond donors (Lipinski definition) is 1. The zero-order valence-corrected chi connectivity index (χ0v) is 13.8. The minimum atomic E-state index is 0.182. The molecule has 0 aliphatic heterocycles. The van der Waals surface area contributed by atoms with Gasteiger partial charge < -0.3 is 5.32 Å². The Labute approximate surface area is 129 Å². The van der Waals surface area contributed by atoms with E-state index in [1.54, 1.807) is 0 Å². The molecule has 0 heterocycles. The van der Waals surface area contributed by atoms with Crippen LogP contribution in [0.15, 0.2) is 30.3 Å². The van der Waals surface area contributed by atoms with Crippen molar-refractivity contribution >= 4 is 5.91 Å². The second-order valence-corrected chi connectivity index (χ2v) is 5.57. The van der Waals surface area contributed by atoms with E-state index in [2.05, 4.69) is 55.3 Å². The fraction of sp³-hybridized carbons (Fsp3) is 0.611. The molecular weight excluding hydrogens is 260 g/mol. The highest BCUT2D eigenvalue weighted by atomic mass is 16.1. The Bertz CT molecular complexity index is 387. The summed E-state index contributed by atoms with van der Waals surface area (Å²) in [7, 11) is 0. The topological polar surface area (TPSA) is 32.3 Å². The number of carbonyl (C=O) groups excluding carboxylic acids is 1. The number of unbranched alkanes of at least 4 members (excludes halogenated alkanes) is 1. The zero-order chi connectivity index (χ0) is 15.5. The maximum absolute atomic E-state index is 11.8. The average molecular weight is 290 g/mol. The SMILES string of the molecule is CCN(CC)C(C)CNC(=O)CCCCc1ccccc1. The van der Waals surface area contributed by atoms with E-state index in [0.29, 0.717) is 12.5 Å². The van der Waals surface area contributed by atoms with Crippen LogP contribution in [0.5, 0.6) is 0 Å². The lowest BCUT2D eigenvalue weighted by atomic mass is 10.1. The van der Waals surface area contributed by atoms with Crippen LogP contribution in [0.25, 0.3) is 0 Å². The number of likely N-dealkylation sites (N-methyl/N-ethyl adjacent to an activating group) is 1. The molecule has 0 saturated heterocycles. The van der Waals surface area contributed by atoms with Gasteiger partial charge in [-0.1, -0.05) is 44.2 Å². The molecule has 0 saturated carbocycles. The van der Waals surface area contributed by atoms with Gasteiger partial charge in [0.05, 0.1) is 0 Å². The standard InChI is InChI=1S/C18H30N2O/c1-4-20(5-2)16(3)15-19-18(21)14-10-9-13-17-11-7-6-8-12-17/h6-8,11-12,16H,4-5,9-10,13-15H2,1-3H3,(H,19,21). The number of benzene rings is 1. The fourth-order valence-corrected chi connectivity index (χ4v) is 2.59. The molecule has 1 N–H and O–H groups in total. The lowest BCUT2D eigenvalue weighted by molar-refractivity contribution is -0.121. The van der Waals surface area contributed by atoms with Crippen molar-refractivity contribution in [2.75, 3.05) is 19.6 Å². The van der Waals surface area contributed by atoms with Gasteiger partial charge in [0, 0.05) is 19.0 Å². The quantitative estimate of drug-likeness (QED) is 0.671. The number of rotatable bonds is 10. The third-order valence-corrected chi connectivity index (χ3v) is 3.99. The predicted octanol–water partition coefficient (Wildman–Crippen LogP) is 3.25. The van der Waals surface area contributed by atoms with E-state index in [0.717, 1.165) is 38.9 Å². The molecule has 21 heavy (non-hydrogen) atoms. The van der Waals surface area contributed by atoms with Crippen LogP contribution in [-0.2, 0) is 11.2 Å². The van der Waals surface area contributed by atoms with Crippen molar-refractivity contribution < 1.29 is 4.79 Å². The lowest BCUT2D eigenvalue weighted by Gasteiger charge is -2.26. The molecule has 0 bridgehead atoms. The van der Waals surface area contributed by atoms with Gasteiger partial charge in [0.1, 0.15) is 0 Å². The number of nitrogens with one attached hydrogen (secondary N) is 1. The molecule has 0 fully saturated rings. The summed E-state index contributed by atoms with van der Waals surface area (Å²) >= 11 is 0. The Morgan fingerprint density at radius 2 is 1.81 bits per heavy atom. The molecule has 1 unspecified atom stereocenters. The van der Waals surface area contributed by atoms with Crippen LogP contribution in [0.4, 0.5) is 0 Å². The molecule has 1 aromatic carbocycles. The minimum Gasteiger partial charge on any atom is -0.355 e. The molecule has 0 aliphatic rings. The summed E-state index contributed by atoms with van der Waals surface area (Å²) in [5, 5.41) is 3.05. The van der Waals surface area contributed by atoms with Gasteiger partial charge in [0.15, 0.2) is 0 Å². The number of aryl methyl sites for hydroxylation is 1. The first-order valence-corrected chi connectivity index (χ1v) is 8.22. The summed E-state index contributed by atoms with van der Waals surface area (Å²) in [4.78, 5) is 14.2. The van der Waals surface area contributed by atoms with E-state index < -0.39 is 0 Å². The van der Waals surface area contributed by atoms with E-state index in [4.69, 9.17) is 0 Å². The van der Waals surface area contributed by atoms with Gasteiger partial charge in [-0.3, -0.25) is 9.69 Å². The smallest absolute Gasteiger partial charge is 0.220 e. The van der Waals surface area contributed by atoms with E-state index in [9.17, 15) is 4.79 Å². The summed E-state index contributed by atoms with van der Waals surface area (Å²) in [6.45, 7) is 9.30. The van der Waals surface area contributed by atoms with E-state index >= 15 is 0 Å². The van der Waals surface area contributed by atoms with Gasteiger partial charge in [-0.2, -0.15) is 0 Å². The summed E-state index contributed by atoms with van der Waals surface area (Å²) < 4.78 is 0. The summed E-state index contributed by atoms with van der Waals surface area (Å²) in [5.74, 6) is 0.182. The summed E-state index contributed by atoms with van der Waals surface area (Å²) in [5.41, 5.74) is 1.35. The van der Waals surface area contributed by atoms with Crippen molar-refractivity contribution in [3.05, 3.63) is 35.9 Å². The largest absolute Gasteiger partial charge is 0.355 e. The van der Waals surface area contributed by atoms with Gasteiger partial charge in [0.2, 0.25) is 5.91 Å². The zero-order valence-electron chi connectivity index (χ0n) is 13.8. The number of hydrogen-bond acceptors (Lipinski definition) is 2. The Kier molecular flexibility index (Phi) is 8.76. The number of amides is 1. The molecule has 1 atom stereocenters. The van der Waals surface area contributed by atoms with Crippen LogP contribution >= 0.6 is 0 Å². The van der Waals surface area contributed by atoms with Crippen LogP contribution < -0.4 is 5.32 Å². The second kappa shape index (κ2) is 10.4. The van der Waals surface area contributed by atoms with Crippen molar-refractivity contribution in [1.29, 1.82) is 0 Å². The van der Waals surface area contributed by atoms with E-state index in [1.165, 1.54) is 5.56 Å². The van der Waals surface area contributed by atoms with Crippen molar-refractivity contribution in [1.82, 2.24) is 10.2 Å². The molecule has 3 heteroatoms. The average Bonchev–Trinajstić information content (AvgIpc) is 2.52. The third kappa shape index (κ3) is 7.28. The Morgan fingerprint density at radius 1 is 1.14 bits per heavy atom. The number of nitrogens with zero attached hydrogens (tertiary/aromatic N) is 1. The van der Waals surface area contributed by atoms with Gasteiger partial charge in [0.25, 0.3) is 0 Å². The highest BCUT2D eigenvalue weighted by Crippen LogP contribution is 2.06. The van der Waals surface area contributed by atoms with Crippen molar-refractivity contribution in [2.45, 2.75) is 52.5 Å². The van der Waals surface area contributed by atoms with Gasteiger partial charge >= 0.3 is 0 Å². The Balaban J connectivity index is 2.11. The molecule has 3 nitrogen and oxygen atoms in total. The molecule has 1 amide bonds. The van der Waals surface area contributed by atoms with Crippen LogP contribution in [0.1, 0.15) is 45.6 Å². The summed E-state index contributed by atoms with van der Waals surface area (Å²) in [6.07, 6.45) is 3.73. The van der Waals surface area contributed by atoms with E-state index in [-0.39, 0.29) is 5.91 Å². The van der Waals surface area contributed by atoms with Crippen LogP contribution in [-0.4, -0.2) is 36.5 Å². The molecule has 0 aromatic heterocycles. The summed E-state index contributed by atoms with van der Waals surface area (Å²) in [6, 6.07) is 10.9. The van der Waals surface area contributed by atoms with Gasteiger partial charge in [-0.25, -0.2) is 0 Å². The normalized spacial score (nSPS) is 12.4. The highest BCUT2D eigenvalue weighted by molar-refractivity contribution is 5.75. The van der Waals surface area contributed by atoms with Gasteiger partial charge in [-0.15, -0.1) is 0 Å². The molecule has 0 radical (unpaired) electrons. The maximum atomic E-state index is 11.8. The van der Waals surface area contributed by atoms with Crippen LogP contribution in [0, 0.1) is 0 Å². The maximum Gasteiger partial charge on any atom is 0.220 e. The Morgan fingerprint density at radius 3 is 2.43 bits per heavy atom. The second-order valence-electron chi connectivity index (χ2n) is 5.57. The molecular formula is C18H30N2O. The first kappa shape index (κ1) is 17.7. The monoisotopic (exact) mass is 290 g/mol. The van der Waals surface area contributed by atoms with Crippen LogP contribution in [0.3, 0.4) is 0 Å². The van der Waals surface area contributed by atoms with Crippen LogP contribution in [0.2, 0.25) is 0 Å². The Hall–Kier alpha value is -1.35. The molecule has 0 aliphatic carbocycles. The number of carbonyl (C=O) groups is 1. The molecule has 1 rings (SSSR count). The van der Waals surface area contributed by atoms with E-state index in [1.807, 2.05) is 6.07 Å². The van der Waals surface area contributed by atoms with Crippen molar-refractivity contribution in [3.8, 4) is 0 Å². The molecule has 1 aromatic rings. The molecule has 118 valence electrons. The van der Waals surface area contributed by atoms with Gasteiger partial charge in [-0.05, 0) is 44.8 Å². The lowest BCUT2D eigenvalue weighted by Crippen LogP contribution is -2.41. The fourth-order valence-electron chi connectivity index (χ4n) is 2.59. The highest BCUT2D eigenvalue weighted by Gasteiger charge is 2.10. The third-order valence-electron chi connectivity index (χ3n) is 3.99. The first-order valence-electron chi connectivity index (χ1n) is 8.22. The van der Waals surface area contributed by atoms with Crippen molar-refractivity contribution in [3.63, 3.8) is 0 Å². The van der Waals surface area contributed by atoms with Crippen molar-refractivity contribution in [2.24, 2.45) is 0 Å².